The van der Waals surface area contributed by atoms with Gasteiger partial charge in [-0.2, -0.15) is 0 Å². The van der Waals surface area contributed by atoms with Gasteiger partial charge in [0, 0.05) is 11.8 Å². The molecule has 0 amide bonds. The molecule has 3 aromatic carbocycles. The van der Waals surface area contributed by atoms with Gasteiger partial charge in [0.15, 0.2) is 5.79 Å². The topological polar surface area (TPSA) is 18.5 Å². The maximum absolute atomic E-state index is 6.28. The van der Waals surface area contributed by atoms with E-state index in [1.165, 1.54) is 15.9 Å². The van der Waals surface area contributed by atoms with Crippen LogP contribution in [0, 0.1) is 5.41 Å². The Morgan fingerprint density at radius 3 is 1.37 bits per heavy atom. The highest BCUT2D eigenvalue weighted by Crippen LogP contribution is 2.56. The molecule has 3 aromatic rings. The summed E-state index contributed by atoms with van der Waals surface area (Å²) in [6, 6.07) is 33.0. The van der Waals surface area contributed by atoms with Crippen molar-refractivity contribution in [1.29, 1.82) is 0 Å². The molecule has 156 valence electrons. The van der Waals surface area contributed by atoms with E-state index in [-0.39, 0.29) is 5.41 Å². The third-order valence-electron chi connectivity index (χ3n) is 6.03. The first-order valence-electron chi connectivity index (χ1n) is 10.8. The first kappa shape index (κ1) is 21.2. The van der Waals surface area contributed by atoms with Crippen molar-refractivity contribution in [3.63, 3.8) is 0 Å². The third-order valence-corrected chi connectivity index (χ3v) is 10.5. The van der Waals surface area contributed by atoms with Crippen molar-refractivity contribution in [3.05, 3.63) is 91.0 Å². The number of benzene rings is 3. The number of hydrogen-bond acceptors (Lipinski definition) is 2. The van der Waals surface area contributed by atoms with E-state index in [1.54, 1.807) is 0 Å². The van der Waals surface area contributed by atoms with Gasteiger partial charge in [-0.05, 0) is 43.3 Å². The molecule has 0 radical (unpaired) electrons. The van der Waals surface area contributed by atoms with Crippen LogP contribution in [-0.2, 0) is 9.47 Å². The molecule has 0 N–H and O–H groups in total. The fourth-order valence-corrected chi connectivity index (χ4v) is 8.63. The van der Waals surface area contributed by atoms with E-state index in [4.69, 9.17) is 9.47 Å². The summed E-state index contributed by atoms with van der Waals surface area (Å²) in [4.78, 5) is 0. The summed E-state index contributed by atoms with van der Waals surface area (Å²) in [5.74, 6) is -0.543. The minimum absolute atomic E-state index is 0.0734. The van der Waals surface area contributed by atoms with Crippen LogP contribution in [0.4, 0.5) is 0 Å². The largest absolute Gasteiger partial charge is 0.349 e. The summed E-state index contributed by atoms with van der Waals surface area (Å²) in [7, 11) is -1.85. The summed E-state index contributed by atoms with van der Waals surface area (Å²) in [6.07, 6.45) is 1.86. The summed E-state index contributed by atoms with van der Waals surface area (Å²) in [5, 5.41) is 4.21. The molecule has 0 bridgehead atoms. The van der Waals surface area contributed by atoms with E-state index in [0.29, 0.717) is 0 Å². The first-order chi connectivity index (χ1) is 14.4. The average molecular weight is 420 g/mol. The van der Waals surface area contributed by atoms with Crippen LogP contribution >= 0.6 is 7.26 Å². The summed E-state index contributed by atoms with van der Waals surface area (Å²) in [5.41, 5.74) is 0.0734. The van der Waals surface area contributed by atoms with Crippen LogP contribution in [0.15, 0.2) is 91.0 Å². The zero-order valence-electron chi connectivity index (χ0n) is 18.3. The second-order valence-electron chi connectivity index (χ2n) is 9.17. The van der Waals surface area contributed by atoms with Crippen molar-refractivity contribution in [2.75, 3.05) is 19.4 Å². The molecule has 0 atom stereocenters. The van der Waals surface area contributed by atoms with Gasteiger partial charge >= 0.3 is 0 Å². The number of rotatable bonds is 6. The Morgan fingerprint density at radius 1 is 0.633 bits per heavy atom. The number of ether oxygens (including phenoxy) is 2. The average Bonchev–Trinajstić information content (AvgIpc) is 2.79. The molecule has 2 nitrogen and oxygen atoms in total. The van der Waals surface area contributed by atoms with Crippen molar-refractivity contribution < 1.29 is 9.47 Å². The molecule has 0 spiro atoms. The van der Waals surface area contributed by atoms with Crippen molar-refractivity contribution in [2.45, 2.75) is 33.0 Å². The SMILES string of the molecule is CC1(C)COC(C)(CC[P+](c2ccccc2)(c2ccccc2)c2ccccc2)OC1. The summed E-state index contributed by atoms with van der Waals surface area (Å²) < 4.78 is 12.6. The van der Waals surface area contributed by atoms with Crippen LogP contribution in [0.3, 0.4) is 0 Å². The quantitative estimate of drug-likeness (QED) is 0.514. The van der Waals surface area contributed by atoms with Crippen molar-refractivity contribution in [2.24, 2.45) is 5.41 Å². The molecular weight excluding hydrogens is 387 g/mol. The normalized spacial score (nSPS) is 18.1. The molecule has 4 rings (SSSR count). The smallest absolute Gasteiger partial charge is 0.169 e. The standard InChI is InChI=1S/C27H32O2P/c1-26(2)21-28-27(3,29-22-26)19-20-30(23-13-7-4-8-14-23,24-15-9-5-10-16-24)25-17-11-6-12-18-25/h4-18H,19-22H2,1-3H3/q+1. The third kappa shape index (κ3) is 4.37. The molecule has 1 aliphatic rings. The lowest BCUT2D eigenvalue weighted by Gasteiger charge is -2.42. The van der Waals surface area contributed by atoms with E-state index in [9.17, 15) is 0 Å². The number of hydrogen-bond donors (Lipinski definition) is 0. The Bertz CT molecular complexity index is 832. The minimum atomic E-state index is -1.85. The molecule has 3 heteroatoms. The fraction of sp³-hybridized carbons (Fsp3) is 0.333. The zero-order chi connectivity index (χ0) is 21.1. The second-order valence-corrected chi connectivity index (χ2v) is 12.8. The lowest BCUT2D eigenvalue weighted by Crippen LogP contribution is -2.47. The van der Waals surface area contributed by atoms with Crippen LogP contribution < -0.4 is 15.9 Å². The lowest BCUT2D eigenvalue weighted by molar-refractivity contribution is -0.289. The zero-order valence-corrected chi connectivity index (χ0v) is 19.1. The predicted octanol–water partition coefficient (Wildman–Crippen LogP) is 5.16. The molecule has 1 saturated heterocycles. The molecule has 0 aliphatic carbocycles. The highest BCUT2D eigenvalue weighted by Gasteiger charge is 2.48. The maximum Gasteiger partial charge on any atom is 0.169 e. The molecule has 0 aromatic heterocycles. The second kappa shape index (κ2) is 8.63. The van der Waals surface area contributed by atoms with Gasteiger partial charge < -0.3 is 9.47 Å². The maximum atomic E-state index is 6.28. The Balaban J connectivity index is 1.78. The highest BCUT2D eigenvalue weighted by atomic mass is 31.2. The summed E-state index contributed by atoms with van der Waals surface area (Å²) in [6.45, 7) is 7.97. The Labute approximate surface area is 181 Å². The van der Waals surface area contributed by atoms with Gasteiger partial charge in [-0.15, -0.1) is 0 Å². The van der Waals surface area contributed by atoms with Crippen LogP contribution in [0.1, 0.15) is 27.2 Å². The molecule has 1 aliphatic heterocycles. The molecule has 1 fully saturated rings. The van der Waals surface area contributed by atoms with E-state index in [0.717, 1.165) is 25.8 Å². The molecule has 1 heterocycles. The fourth-order valence-electron chi connectivity index (χ4n) is 4.18. The lowest BCUT2D eigenvalue weighted by atomic mass is 9.94. The van der Waals surface area contributed by atoms with E-state index in [2.05, 4.69) is 112 Å². The van der Waals surface area contributed by atoms with Crippen LogP contribution in [0.2, 0.25) is 0 Å². The minimum Gasteiger partial charge on any atom is -0.349 e. The van der Waals surface area contributed by atoms with E-state index < -0.39 is 13.0 Å². The summed E-state index contributed by atoms with van der Waals surface area (Å²) >= 11 is 0. The molecule has 0 saturated carbocycles. The Hall–Kier alpha value is -1.99. The predicted molar refractivity (Wildman–Crippen MR) is 129 cm³/mol. The molecule has 30 heavy (non-hydrogen) atoms. The monoisotopic (exact) mass is 419 g/mol. The van der Waals surface area contributed by atoms with Gasteiger partial charge in [-0.3, -0.25) is 0 Å². The van der Waals surface area contributed by atoms with Crippen LogP contribution in [0.5, 0.6) is 0 Å². The van der Waals surface area contributed by atoms with Gasteiger partial charge in [-0.1, -0.05) is 68.4 Å². The molecule has 0 unspecified atom stereocenters. The van der Waals surface area contributed by atoms with Crippen molar-refractivity contribution in [3.8, 4) is 0 Å². The highest BCUT2D eigenvalue weighted by molar-refractivity contribution is 7.95. The van der Waals surface area contributed by atoms with Crippen LogP contribution in [0.25, 0.3) is 0 Å². The van der Waals surface area contributed by atoms with Gasteiger partial charge in [0.05, 0.1) is 19.4 Å². The van der Waals surface area contributed by atoms with Gasteiger partial charge in [-0.25, -0.2) is 0 Å². The molecular formula is C27H32O2P+. The van der Waals surface area contributed by atoms with Crippen molar-refractivity contribution in [1.82, 2.24) is 0 Å². The van der Waals surface area contributed by atoms with E-state index >= 15 is 0 Å². The van der Waals surface area contributed by atoms with Crippen molar-refractivity contribution >= 4 is 23.2 Å². The van der Waals surface area contributed by atoms with Crippen LogP contribution in [-0.4, -0.2) is 25.2 Å². The van der Waals surface area contributed by atoms with Gasteiger partial charge in [0.25, 0.3) is 0 Å². The Kier molecular flexibility index (Phi) is 6.11. The first-order valence-corrected chi connectivity index (χ1v) is 12.7. The van der Waals surface area contributed by atoms with Gasteiger partial charge in [0.2, 0.25) is 0 Å². The van der Waals surface area contributed by atoms with Gasteiger partial charge in [0.1, 0.15) is 23.2 Å². The van der Waals surface area contributed by atoms with E-state index in [1.807, 2.05) is 0 Å². The Morgan fingerprint density at radius 2 is 1.00 bits per heavy atom.